The van der Waals surface area contributed by atoms with Crippen molar-refractivity contribution in [2.24, 2.45) is 23.7 Å². The second-order valence-corrected chi connectivity index (χ2v) is 24.1. The average molecular weight is 1040 g/mol. The molecule has 2 saturated heterocycles. The molecule has 11 atom stereocenters. The summed E-state index contributed by atoms with van der Waals surface area (Å²) >= 11 is 0. The summed E-state index contributed by atoms with van der Waals surface area (Å²) in [4.78, 5) is 74.5. The highest BCUT2D eigenvalue weighted by molar-refractivity contribution is 7.94. The maximum absolute atomic E-state index is 14.7. The van der Waals surface area contributed by atoms with E-state index >= 15 is 0 Å². The van der Waals surface area contributed by atoms with Gasteiger partial charge in [0.2, 0.25) is 23.6 Å². The first kappa shape index (κ1) is 59.6. The van der Waals surface area contributed by atoms with Crippen molar-refractivity contribution >= 4 is 49.3 Å². The number of nitrogens with zero attached hydrogens (tertiary/aromatic N) is 3. The van der Waals surface area contributed by atoms with Gasteiger partial charge in [0, 0.05) is 52.2 Å². The molecular formula is C50H81N5O14S2. The lowest BCUT2D eigenvalue weighted by atomic mass is 9.89. The summed E-state index contributed by atoms with van der Waals surface area (Å²) in [6, 6.07) is 5.29. The fourth-order valence-electron chi connectivity index (χ4n) is 10.5. The summed E-state index contributed by atoms with van der Waals surface area (Å²) in [6.07, 6.45) is 2.82. The van der Waals surface area contributed by atoms with Crippen LogP contribution in [0.25, 0.3) is 0 Å². The van der Waals surface area contributed by atoms with E-state index in [0.29, 0.717) is 25.8 Å². The van der Waals surface area contributed by atoms with E-state index in [1.54, 1.807) is 48.0 Å². The molecule has 0 unspecified atom stereocenters. The topological polar surface area (TPSA) is 245 Å². The van der Waals surface area contributed by atoms with Crippen molar-refractivity contribution in [2.45, 2.75) is 134 Å². The Hall–Kier alpha value is -3.99. The molecule has 21 heteroatoms. The summed E-state index contributed by atoms with van der Waals surface area (Å²) < 4.78 is 71.9. The Balaban J connectivity index is 1.39. The molecule has 0 radical (unpaired) electrons. The van der Waals surface area contributed by atoms with E-state index in [4.69, 9.17) is 18.9 Å². The number of benzene rings is 1. The predicted octanol–water partition coefficient (Wildman–Crippen LogP) is 2.72. The number of rotatable bonds is 32. The fourth-order valence-corrected chi connectivity index (χ4v) is 12.1. The van der Waals surface area contributed by atoms with Crippen molar-refractivity contribution in [3.8, 4) is 0 Å². The van der Waals surface area contributed by atoms with E-state index in [9.17, 15) is 45.9 Å². The third-order valence-corrected chi connectivity index (χ3v) is 17.5. The molecule has 4 amide bonds. The van der Waals surface area contributed by atoms with Crippen LogP contribution in [0.15, 0.2) is 42.3 Å². The molecule has 3 fully saturated rings. The zero-order valence-corrected chi connectivity index (χ0v) is 44.7. The first-order chi connectivity index (χ1) is 33.6. The number of amides is 4. The number of carbonyl (C=O) groups excluding carboxylic acids is 4. The van der Waals surface area contributed by atoms with Gasteiger partial charge in [0.15, 0.2) is 19.7 Å². The zero-order chi connectivity index (χ0) is 52.6. The van der Waals surface area contributed by atoms with Crippen molar-refractivity contribution in [1.82, 2.24) is 25.3 Å². The number of sulfone groups is 2. The summed E-state index contributed by atoms with van der Waals surface area (Å²) in [5, 5.41) is 16.6. The summed E-state index contributed by atoms with van der Waals surface area (Å²) in [5.41, 5.74) is 0.760. The minimum Gasteiger partial charge on any atom is -0.480 e. The van der Waals surface area contributed by atoms with E-state index < -0.39 is 79.9 Å². The van der Waals surface area contributed by atoms with Crippen molar-refractivity contribution in [3.05, 3.63) is 47.9 Å². The van der Waals surface area contributed by atoms with Crippen LogP contribution in [-0.2, 0) is 69.0 Å². The predicted molar refractivity (Wildman–Crippen MR) is 269 cm³/mol. The van der Waals surface area contributed by atoms with Gasteiger partial charge in [-0.05, 0) is 55.4 Å². The van der Waals surface area contributed by atoms with Gasteiger partial charge in [-0.25, -0.2) is 21.6 Å². The average Bonchev–Trinajstić information content (AvgIpc) is 4.11. The molecule has 0 aromatic heterocycles. The zero-order valence-electron chi connectivity index (χ0n) is 43.0. The van der Waals surface area contributed by atoms with Crippen LogP contribution in [0.1, 0.15) is 85.1 Å². The number of likely N-dealkylation sites (tertiary alicyclic amines) is 2. The molecule has 1 saturated carbocycles. The third kappa shape index (κ3) is 16.8. The number of piperidine rings is 1. The standard InChI is InChI=1S/C50H81N5O14S2/c1-10-34(5)44(41(66-8)32-42(56)55-21-15-18-40(55)46(67-9)35(6)47(57)51-39(50(60)61)30-36-16-13-12-14-17-36)53(7)49(59)43(33(3)4)52-48(58)45-37-19-20-38(31-37)54(45)22-27-71(64,65)29-26-69-24-23-68-25-28-70(62,63)11-2/h11-14,16-17,33-35,37-41,43-46H,2,10,15,18-32H2,1,3-9H3,(H,51,57)(H,52,58)(H,60,61)/t34-,35+,37-,38-,39-,40-,41+,43-,44-,45-,46+/m0/s1. The van der Waals surface area contributed by atoms with Gasteiger partial charge in [0.25, 0.3) is 0 Å². The molecule has 3 N–H and O–H groups in total. The Labute approximate surface area is 421 Å². The van der Waals surface area contributed by atoms with Crippen molar-refractivity contribution in [2.75, 3.05) is 78.0 Å². The fraction of sp³-hybridized carbons (Fsp3) is 0.740. The lowest BCUT2D eigenvalue weighted by Crippen LogP contribution is -2.60. The third-order valence-electron chi connectivity index (χ3n) is 14.7. The highest BCUT2D eigenvalue weighted by Crippen LogP contribution is 2.42. The Kier molecular flexibility index (Phi) is 23.4. The Bertz CT molecular complexity index is 2150. The molecule has 71 heavy (non-hydrogen) atoms. The highest BCUT2D eigenvalue weighted by atomic mass is 32.2. The van der Waals surface area contributed by atoms with Gasteiger partial charge in [-0.1, -0.05) is 78.0 Å². The van der Waals surface area contributed by atoms with Gasteiger partial charge in [-0.15, -0.1) is 0 Å². The second kappa shape index (κ2) is 27.9. The number of ether oxygens (including phenoxy) is 4. The minimum absolute atomic E-state index is 0.00989. The van der Waals surface area contributed by atoms with Gasteiger partial charge in [-0.3, -0.25) is 24.1 Å². The number of carbonyl (C=O) groups is 5. The largest absolute Gasteiger partial charge is 0.480 e. The SMILES string of the molecule is C=CS(=O)(=O)CCOCCOCCS(=O)(=O)CCN1[C@H]2CC[C@@H](C2)[C@H]1C(=O)N[C@H](C(=O)N(C)[C@@H]([C@@H](C)CC)[C@@H](CC(=O)N1CCC[C@H]1[C@H](OC)[C@@H](C)C(=O)N[C@@H](Cc1ccccc1)C(=O)O)OC)C(C)C. The molecule has 19 nitrogen and oxygen atoms in total. The van der Waals surface area contributed by atoms with E-state index in [1.807, 2.05) is 38.7 Å². The number of aliphatic carboxylic acids is 1. The van der Waals surface area contributed by atoms with Gasteiger partial charge < -0.3 is 44.5 Å². The number of methoxy groups -OCH3 is 2. The molecule has 3 aliphatic rings. The normalized spacial score (nSPS) is 22.3. The monoisotopic (exact) mass is 1040 g/mol. The van der Waals surface area contributed by atoms with Gasteiger partial charge in [0.05, 0.1) is 86.4 Å². The lowest BCUT2D eigenvalue weighted by Gasteiger charge is -2.41. The lowest BCUT2D eigenvalue weighted by molar-refractivity contribution is -0.148. The quantitative estimate of drug-likeness (QED) is 0.0879. The number of hydrogen-bond acceptors (Lipinski definition) is 14. The molecule has 1 aliphatic carbocycles. The first-order valence-corrected chi connectivity index (χ1v) is 28.6. The van der Waals surface area contributed by atoms with Crippen molar-refractivity contribution in [1.29, 1.82) is 0 Å². The van der Waals surface area contributed by atoms with E-state index in [-0.39, 0.29) is 105 Å². The maximum atomic E-state index is 14.7. The molecule has 4 rings (SSSR count). The van der Waals surface area contributed by atoms with Crippen LogP contribution in [0.4, 0.5) is 0 Å². The Morgan fingerprint density at radius 3 is 2.15 bits per heavy atom. The van der Waals surface area contributed by atoms with Crippen molar-refractivity contribution in [3.63, 3.8) is 0 Å². The molecule has 0 spiro atoms. The molecule has 2 aliphatic heterocycles. The van der Waals surface area contributed by atoms with Crippen LogP contribution in [-0.4, -0.2) is 193 Å². The molecular weight excluding hydrogens is 959 g/mol. The highest BCUT2D eigenvalue weighted by Gasteiger charge is 2.50. The number of nitrogens with one attached hydrogen (secondary N) is 2. The van der Waals surface area contributed by atoms with E-state index in [1.165, 1.54) is 14.2 Å². The van der Waals surface area contributed by atoms with E-state index in [0.717, 1.165) is 30.2 Å². The molecule has 2 bridgehead atoms. The number of hydrogen-bond donors (Lipinski definition) is 3. The summed E-state index contributed by atoms with van der Waals surface area (Å²) in [5.74, 6) is -4.45. The van der Waals surface area contributed by atoms with Crippen LogP contribution in [0.5, 0.6) is 0 Å². The Morgan fingerprint density at radius 1 is 0.901 bits per heavy atom. The van der Waals surface area contributed by atoms with Crippen LogP contribution in [0.2, 0.25) is 0 Å². The van der Waals surface area contributed by atoms with Crippen LogP contribution in [0.3, 0.4) is 0 Å². The van der Waals surface area contributed by atoms with E-state index in [2.05, 4.69) is 17.2 Å². The van der Waals surface area contributed by atoms with Crippen LogP contribution in [0, 0.1) is 23.7 Å². The smallest absolute Gasteiger partial charge is 0.326 e. The summed E-state index contributed by atoms with van der Waals surface area (Å²) in [6.45, 7) is 13.3. The Morgan fingerprint density at radius 2 is 1.56 bits per heavy atom. The van der Waals surface area contributed by atoms with Gasteiger partial charge in [-0.2, -0.15) is 0 Å². The second-order valence-electron chi connectivity index (χ2n) is 19.7. The minimum atomic E-state index is -3.56. The first-order valence-electron chi connectivity index (χ1n) is 25.1. The molecule has 1 aromatic rings. The number of likely N-dealkylation sites (N-methyl/N-ethyl adjacent to an activating group) is 1. The summed E-state index contributed by atoms with van der Waals surface area (Å²) in [7, 11) is -2.29. The van der Waals surface area contributed by atoms with Crippen LogP contribution >= 0.6 is 0 Å². The van der Waals surface area contributed by atoms with Gasteiger partial charge in [0.1, 0.15) is 12.1 Å². The molecule has 402 valence electrons. The molecule has 1 aromatic carbocycles. The van der Waals surface area contributed by atoms with Crippen LogP contribution < -0.4 is 10.6 Å². The van der Waals surface area contributed by atoms with Gasteiger partial charge >= 0.3 is 5.97 Å². The number of carboxylic acids is 1. The maximum Gasteiger partial charge on any atom is 0.326 e. The van der Waals surface area contributed by atoms with Crippen molar-refractivity contribution < 1.29 is 64.9 Å². The number of carboxylic acid groups (broad SMARTS) is 1. The molecule has 2 heterocycles. The number of fused-ring (bicyclic) bond motifs is 2.